The molecule has 3 rings (SSSR count). The van der Waals surface area contributed by atoms with E-state index >= 15 is 0 Å². The molecule has 2 unspecified atom stereocenters. The van der Waals surface area contributed by atoms with E-state index in [0.29, 0.717) is 25.3 Å². The second kappa shape index (κ2) is 8.45. The van der Waals surface area contributed by atoms with E-state index in [2.05, 4.69) is 18.4 Å². The summed E-state index contributed by atoms with van der Waals surface area (Å²) >= 11 is 0. The number of ether oxygens (including phenoxy) is 3. The quantitative estimate of drug-likeness (QED) is 0.705. The minimum Gasteiger partial charge on any atom is -0.497 e. The number of nitrogens with zero attached hydrogens (tertiary/aromatic N) is 1. The van der Waals surface area contributed by atoms with Crippen molar-refractivity contribution in [3.05, 3.63) is 56.9 Å². The normalized spacial score (nSPS) is 23.1. The maximum atomic E-state index is 12.8. The summed E-state index contributed by atoms with van der Waals surface area (Å²) in [6, 6.07) is 1.72. The van der Waals surface area contributed by atoms with Gasteiger partial charge in [-0.15, -0.1) is 0 Å². The van der Waals surface area contributed by atoms with Crippen LogP contribution in [0.5, 0.6) is 0 Å². The van der Waals surface area contributed by atoms with E-state index in [0.717, 1.165) is 24.3 Å². The zero-order valence-corrected chi connectivity index (χ0v) is 17.6. The molecule has 7 nitrogen and oxygen atoms in total. The summed E-state index contributed by atoms with van der Waals surface area (Å²) in [5.74, 6) is 0.861. The summed E-state index contributed by atoms with van der Waals surface area (Å²) in [5.41, 5.74) is 7.01. The molecule has 0 radical (unpaired) electrons. The highest BCUT2D eigenvalue weighted by atomic mass is 16.5. The standard InChI is InChI=1S/C22H30N2O5/c1-5-15-9-14-10-18(29-8-7-23)19(27-4)12-22(14,3)20-11-17(25)16(13-24(15)20)21(26)28-6-2/h10-11,13,15H,5-9,12,23H2,1-4H3. The number of hydrogen-bond acceptors (Lipinski definition) is 6. The molecule has 158 valence electrons. The average molecular weight is 402 g/mol. The molecule has 0 fully saturated rings. The summed E-state index contributed by atoms with van der Waals surface area (Å²) in [6.45, 7) is 7.01. The van der Waals surface area contributed by atoms with E-state index in [1.807, 2.05) is 6.08 Å². The molecule has 2 N–H and O–H groups in total. The summed E-state index contributed by atoms with van der Waals surface area (Å²) in [7, 11) is 1.62. The first-order chi connectivity index (χ1) is 13.9. The largest absolute Gasteiger partial charge is 0.497 e. The smallest absolute Gasteiger partial charge is 0.343 e. The van der Waals surface area contributed by atoms with E-state index in [1.165, 1.54) is 5.57 Å². The SMILES string of the molecule is CCOC(=O)c1cn2c(cc1=O)C1(C)CC(OC)=C(OCCN)C=C1CC2CC. The monoisotopic (exact) mass is 402 g/mol. The highest BCUT2D eigenvalue weighted by molar-refractivity contribution is 5.89. The zero-order valence-electron chi connectivity index (χ0n) is 17.6. The van der Waals surface area contributed by atoms with Crippen LogP contribution in [0.1, 0.15) is 62.1 Å². The van der Waals surface area contributed by atoms with Crippen LogP contribution in [-0.4, -0.2) is 37.4 Å². The van der Waals surface area contributed by atoms with Gasteiger partial charge < -0.3 is 24.5 Å². The Morgan fingerprint density at radius 1 is 1.38 bits per heavy atom. The molecule has 29 heavy (non-hydrogen) atoms. The fourth-order valence-electron chi connectivity index (χ4n) is 4.27. The third kappa shape index (κ3) is 3.71. The molecule has 0 saturated carbocycles. The molecular weight excluding hydrogens is 372 g/mol. The Morgan fingerprint density at radius 2 is 2.14 bits per heavy atom. The molecule has 0 spiro atoms. The van der Waals surface area contributed by atoms with Crippen molar-refractivity contribution in [2.24, 2.45) is 5.73 Å². The van der Waals surface area contributed by atoms with E-state index in [-0.39, 0.29) is 23.6 Å². The van der Waals surface area contributed by atoms with E-state index < -0.39 is 11.4 Å². The van der Waals surface area contributed by atoms with Crippen LogP contribution >= 0.6 is 0 Å². The Kier molecular flexibility index (Phi) is 6.17. The van der Waals surface area contributed by atoms with Crippen LogP contribution in [0, 0.1) is 0 Å². The summed E-state index contributed by atoms with van der Waals surface area (Å²) < 4.78 is 18.6. The van der Waals surface area contributed by atoms with Gasteiger partial charge in [0, 0.05) is 42.4 Å². The second-order valence-electron chi connectivity index (χ2n) is 7.64. The maximum absolute atomic E-state index is 12.8. The molecule has 2 aliphatic rings. The van der Waals surface area contributed by atoms with Crippen LogP contribution in [0.3, 0.4) is 0 Å². The van der Waals surface area contributed by atoms with E-state index in [4.69, 9.17) is 19.9 Å². The van der Waals surface area contributed by atoms with Gasteiger partial charge in [0.15, 0.2) is 11.2 Å². The van der Waals surface area contributed by atoms with Crippen molar-refractivity contribution in [1.82, 2.24) is 4.57 Å². The Morgan fingerprint density at radius 3 is 2.76 bits per heavy atom. The molecule has 7 heteroatoms. The maximum Gasteiger partial charge on any atom is 0.343 e. The highest BCUT2D eigenvalue weighted by Gasteiger charge is 2.44. The molecular formula is C22H30N2O5. The fraction of sp³-hybridized carbons (Fsp3) is 0.545. The molecule has 1 aromatic rings. The van der Waals surface area contributed by atoms with Crippen molar-refractivity contribution < 1.29 is 19.0 Å². The molecule has 0 saturated heterocycles. The predicted octanol–water partition coefficient (Wildman–Crippen LogP) is 2.80. The van der Waals surface area contributed by atoms with Crippen molar-refractivity contribution in [1.29, 1.82) is 0 Å². The Bertz CT molecular complexity index is 914. The van der Waals surface area contributed by atoms with Gasteiger partial charge in [-0.1, -0.05) is 12.5 Å². The van der Waals surface area contributed by atoms with Crippen LogP contribution in [0.4, 0.5) is 0 Å². The number of allylic oxidation sites excluding steroid dienone is 3. The minimum absolute atomic E-state index is 0.0790. The van der Waals surface area contributed by atoms with Crippen molar-refractivity contribution in [2.45, 2.75) is 51.5 Å². The highest BCUT2D eigenvalue weighted by Crippen LogP contribution is 2.49. The lowest BCUT2D eigenvalue weighted by Crippen LogP contribution is -2.40. The predicted molar refractivity (Wildman–Crippen MR) is 110 cm³/mol. The fourth-order valence-corrected chi connectivity index (χ4v) is 4.27. The number of pyridine rings is 1. The Balaban J connectivity index is 2.12. The number of nitrogens with two attached hydrogens (primary N) is 1. The zero-order chi connectivity index (χ0) is 21.2. The molecule has 1 aliphatic carbocycles. The number of methoxy groups -OCH3 is 1. The third-order valence-corrected chi connectivity index (χ3v) is 5.89. The lowest BCUT2D eigenvalue weighted by Gasteiger charge is -2.45. The molecule has 0 bridgehead atoms. The number of carbonyl (C=O) groups is 1. The van der Waals surface area contributed by atoms with Crippen molar-refractivity contribution in [2.75, 3.05) is 26.9 Å². The first kappa shape index (κ1) is 21.2. The molecule has 1 aliphatic heterocycles. The molecule has 0 amide bonds. The van der Waals surface area contributed by atoms with Crippen molar-refractivity contribution in [3.63, 3.8) is 0 Å². The first-order valence-corrected chi connectivity index (χ1v) is 10.1. The Labute approximate surface area is 171 Å². The van der Waals surface area contributed by atoms with Crippen LogP contribution in [0.2, 0.25) is 0 Å². The number of carbonyl (C=O) groups excluding carboxylic acids is 1. The topological polar surface area (TPSA) is 92.8 Å². The van der Waals surface area contributed by atoms with Gasteiger partial charge in [0.1, 0.15) is 17.9 Å². The molecule has 0 aromatic carbocycles. The van der Waals surface area contributed by atoms with Gasteiger partial charge in [-0.2, -0.15) is 0 Å². The van der Waals surface area contributed by atoms with Gasteiger partial charge in [-0.05, 0) is 32.8 Å². The molecule has 1 aromatic heterocycles. The number of esters is 1. The number of fused-ring (bicyclic) bond motifs is 3. The first-order valence-electron chi connectivity index (χ1n) is 10.1. The van der Waals surface area contributed by atoms with Crippen molar-refractivity contribution in [3.8, 4) is 0 Å². The van der Waals surface area contributed by atoms with Gasteiger partial charge in [-0.25, -0.2) is 4.79 Å². The van der Waals surface area contributed by atoms with Gasteiger partial charge in [0.05, 0.1) is 13.7 Å². The third-order valence-electron chi connectivity index (χ3n) is 5.89. The van der Waals surface area contributed by atoms with Crippen LogP contribution in [-0.2, 0) is 19.6 Å². The van der Waals surface area contributed by atoms with Gasteiger partial charge in [0.2, 0.25) is 0 Å². The average Bonchev–Trinajstić information content (AvgIpc) is 2.71. The van der Waals surface area contributed by atoms with E-state index in [9.17, 15) is 9.59 Å². The Hall–Kier alpha value is -2.54. The number of aromatic nitrogens is 1. The summed E-state index contributed by atoms with van der Waals surface area (Å²) in [4.78, 5) is 25.0. The minimum atomic E-state index is -0.576. The van der Waals surface area contributed by atoms with Crippen molar-refractivity contribution >= 4 is 5.97 Å². The lowest BCUT2D eigenvalue weighted by atomic mass is 9.67. The van der Waals surface area contributed by atoms with Gasteiger partial charge >= 0.3 is 5.97 Å². The van der Waals surface area contributed by atoms with E-state index in [1.54, 1.807) is 26.3 Å². The molecule has 2 heterocycles. The second-order valence-corrected chi connectivity index (χ2v) is 7.64. The molecule has 2 atom stereocenters. The summed E-state index contributed by atoms with van der Waals surface area (Å²) in [6.07, 6.45) is 5.95. The number of rotatable bonds is 7. The van der Waals surface area contributed by atoms with Crippen LogP contribution in [0.15, 0.2) is 40.2 Å². The van der Waals surface area contributed by atoms with Gasteiger partial charge in [0.25, 0.3) is 0 Å². The lowest BCUT2D eigenvalue weighted by molar-refractivity contribution is 0.0523. The van der Waals surface area contributed by atoms with Gasteiger partial charge in [-0.3, -0.25) is 4.79 Å². The van der Waals surface area contributed by atoms with Crippen LogP contribution < -0.4 is 11.2 Å². The number of hydrogen-bond donors (Lipinski definition) is 1. The summed E-state index contributed by atoms with van der Waals surface area (Å²) in [5, 5.41) is 0. The van der Waals surface area contributed by atoms with Crippen LogP contribution in [0.25, 0.3) is 0 Å².